The summed E-state index contributed by atoms with van der Waals surface area (Å²) in [6.07, 6.45) is 1.50. The first-order chi connectivity index (χ1) is 14.6. The zero-order valence-corrected chi connectivity index (χ0v) is 16.6. The third kappa shape index (κ3) is 4.23. The minimum absolute atomic E-state index is 0.0691. The molecule has 0 aliphatic heterocycles. The fraction of sp³-hybridized carbons (Fsp3) is 0.143. The van der Waals surface area contributed by atoms with Crippen LogP contribution in [0.25, 0.3) is 11.3 Å². The van der Waals surface area contributed by atoms with Crippen molar-refractivity contribution in [1.82, 2.24) is 9.97 Å². The van der Waals surface area contributed by atoms with Crippen molar-refractivity contribution in [2.45, 2.75) is 0 Å². The number of hydrogen-bond acceptors (Lipinski definition) is 8. The maximum atomic E-state index is 12.3. The van der Waals surface area contributed by atoms with Crippen molar-refractivity contribution in [3.8, 4) is 34.6 Å². The first-order valence-electron chi connectivity index (χ1n) is 8.80. The maximum absolute atomic E-state index is 12.3. The van der Waals surface area contributed by atoms with Gasteiger partial charge in [0.1, 0.15) is 11.6 Å². The smallest absolute Gasteiger partial charge is 0.270 e. The minimum Gasteiger partial charge on any atom is -0.493 e. The lowest BCUT2D eigenvalue weighted by atomic mass is 10.1. The summed E-state index contributed by atoms with van der Waals surface area (Å²) >= 11 is 0. The van der Waals surface area contributed by atoms with Gasteiger partial charge in [0, 0.05) is 11.1 Å². The van der Waals surface area contributed by atoms with Gasteiger partial charge in [0.25, 0.3) is 5.56 Å². The van der Waals surface area contributed by atoms with Crippen LogP contribution in [-0.2, 0) is 0 Å². The van der Waals surface area contributed by atoms with Crippen molar-refractivity contribution >= 4 is 12.2 Å². The van der Waals surface area contributed by atoms with Crippen molar-refractivity contribution in [3.63, 3.8) is 0 Å². The topological polar surface area (TPSA) is 122 Å². The van der Waals surface area contributed by atoms with Gasteiger partial charge in [-0.25, -0.2) is 10.4 Å². The van der Waals surface area contributed by atoms with Crippen LogP contribution in [0.15, 0.2) is 52.4 Å². The predicted octanol–water partition coefficient (Wildman–Crippen LogP) is 2.78. The molecule has 0 saturated heterocycles. The maximum Gasteiger partial charge on any atom is 0.270 e. The molecule has 0 spiro atoms. The Balaban J connectivity index is 1.91. The van der Waals surface area contributed by atoms with Crippen LogP contribution in [0.1, 0.15) is 11.1 Å². The molecule has 0 aliphatic rings. The fourth-order valence-electron chi connectivity index (χ4n) is 2.78. The highest BCUT2D eigenvalue weighted by molar-refractivity contribution is 5.83. The zero-order chi connectivity index (χ0) is 21.5. The molecule has 0 fully saturated rings. The lowest BCUT2D eigenvalue weighted by Gasteiger charge is -2.12. The van der Waals surface area contributed by atoms with E-state index in [1.54, 1.807) is 36.4 Å². The predicted molar refractivity (Wildman–Crippen MR) is 112 cm³/mol. The number of nitrogens with zero attached hydrogens (tertiary/aromatic N) is 3. The molecular weight excluding hydrogens is 386 g/mol. The van der Waals surface area contributed by atoms with E-state index in [0.717, 1.165) is 0 Å². The molecule has 0 radical (unpaired) electrons. The number of aromatic amines is 1. The number of nitriles is 1. The number of ether oxygens (including phenoxy) is 3. The fourth-order valence-corrected chi connectivity index (χ4v) is 2.78. The van der Waals surface area contributed by atoms with Crippen LogP contribution in [-0.4, -0.2) is 37.5 Å². The van der Waals surface area contributed by atoms with Crippen LogP contribution in [0.2, 0.25) is 0 Å². The molecule has 9 nitrogen and oxygen atoms in total. The summed E-state index contributed by atoms with van der Waals surface area (Å²) in [4.78, 5) is 19.1. The Morgan fingerprint density at radius 3 is 2.33 bits per heavy atom. The molecule has 0 saturated carbocycles. The number of hydrogen-bond donors (Lipinski definition) is 2. The number of H-pyrrole nitrogens is 1. The molecule has 0 atom stereocenters. The van der Waals surface area contributed by atoms with E-state index in [1.165, 1.54) is 27.5 Å². The number of methoxy groups -OCH3 is 3. The number of benzene rings is 2. The SMILES string of the molecule is COc1cc(C=NNc2nc(-c3ccccc3)c(C#N)c(=O)[nH]2)cc(OC)c1OC. The molecule has 3 aromatic rings. The Hall–Kier alpha value is -4.32. The molecule has 1 heterocycles. The first kappa shape index (κ1) is 20.4. The van der Waals surface area contributed by atoms with Gasteiger partial charge in [0.15, 0.2) is 11.5 Å². The Bertz CT molecular complexity index is 1140. The van der Waals surface area contributed by atoms with Gasteiger partial charge in [0.2, 0.25) is 11.7 Å². The number of aromatic nitrogens is 2. The standard InChI is InChI=1S/C21H19N5O4/c1-28-16-9-13(10-17(29-2)19(16)30-3)12-23-26-21-24-18(14-7-5-4-6-8-14)15(11-22)20(27)25-21/h4-10,12H,1-3H3,(H2,24,25,26,27). The molecule has 2 aromatic carbocycles. The summed E-state index contributed by atoms with van der Waals surface area (Å²) in [5.41, 5.74) is 3.64. The molecule has 0 unspecified atom stereocenters. The van der Waals surface area contributed by atoms with E-state index < -0.39 is 5.56 Å². The largest absolute Gasteiger partial charge is 0.493 e. The molecule has 0 amide bonds. The third-order valence-corrected chi connectivity index (χ3v) is 4.15. The van der Waals surface area contributed by atoms with Gasteiger partial charge in [-0.05, 0) is 12.1 Å². The van der Waals surface area contributed by atoms with E-state index in [2.05, 4.69) is 20.5 Å². The molecule has 0 bridgehead atoms. The number of anilines is 1. The van der Waals surface area contributed by atoms with Crippen molar-refractivity contribution in [1.29, 1.82) is 5.26 Å². The van der Waals surface area contributed by atoms with Crippen molar-refractivity contribution in [3.05, 3.63) is 63.9 Å². The summed E-state index contributed by atoms with van der Waals surface area (Å²) in [6.45, 7) is 0. The van der Waals surface area contributed by atoms with Crippen molar-refractivity contribution in [2.75, 3.05) is 26.8 Å². The van der Waals surface area contributed by atoms with Gasteiger partial charge in [-0.15, -0.1) is 0 Å². The van der Waals surface area contributed by atoms with E-state index in [1.807, 2.05) is 12.1 Å². The second-order valence-electron chi connectivity index (χ2n) is 5.94. The Morgan fingerprint density at radius 1 is 1.10 bits per heavy atom. The van der Waals surface area contributed by atoms with E-state index in [4.69, 9.17) is 14.2 Å². The van der Waals surface area contributed by atoms with Crippen LogP contribution in [0.5, 0.6) is 17.2 Å². The van der Waals surface area contributed by atoms with Crippen LogP contribution in [0, 0.1) is 11.3 Å². The van der Waals surface area contributed by atoms with Gasteiger partial charge in [-0.1, -0.05) is 30.3 Å². The summed E-state index contributed by atoms with van der Waals surface area (Å²) in [7, 11) is 4.56. The van der Waals surface area contributed by atoms with Gasteiger partial charge in [-0.2, -0.15) is 10.4 Å². The minimum atomic E-state index is -0.558. The molecule has 9 heteroatoms. The molecule has 30 heavy (non-hydrogen) atoms. The highest BCUT2D eigenvalue weighted by Crippen LogP contribution is 2.37. The lowest BCUT2D eigenvalue weighted by Crippen LogP contribution is -2.16. The van der Waals surface area contributed by atoms with Gasteiger partial charge < -0.3 is 14.2 Å². The van der Waals surface area contributed by atoms with Crippen LogP contribution < -0.4 is 25.2 Å². The molecule has 152 valence electrons. The average molecular weight is 405 g/mol. The quantitative estimate of drug-likeness (QED) is 0.458. The Morgan fingerprint density at radius 2 is 1.77 bits per heavy atom. The lowest BCUT2D eigenvalue weighted by molar-refractivity contribution is 0.324. The van der Waals surface area contributed by atoms with Gasteiger partial charge >= 0.3 is 0 Å². The molecular formula is C21H19N5O4. The highest BCUT2D eigenvalue weighted by Gasteiger charge is 2.14. The monoisotopic (exact) mass is 405 g/mol. The van der Waals surface area contributed by atoms with E-state index in [-0.39, 0.29) is 17.2 Å². The van der Waals surface area contributed by atoms with Crippen molar-refractivity contribution in [2.24, 2.45) is 5.10 Å². The molecule has 0 aliphatic carbocycles. The second kappa shape index (κ2) is 9.25. The van der Waals surface area contributed by atoms with Crippen LogP contribution in [0.3, 0.4) is 0 Å². The van der Waals surface area contributed by atoms with E-state index in [0.29, 0.717) is 28.4 Å². The van der Waals surface area contributed by atoms with Gasteiger partial charge in [-0.3, -0.25) is 9.78 Å². The Labute approximate surface area is 172 Å². The third-order valence-electron chi connectivity index (χ3n) is 4.15. The van der Waals surface area contributed by atoms with Crippen LogP contribution >= 0.6 is 0 Å². The zero-order valence-electron chi connectivity index (χ0n) is 16.6. The second-order valence-corrected chi connectivity index (χ2v) is 5.94. The van der Waals surface area contributed by atoms with Crippen LogP contribution in [0.4, 0.5) is 5.95 Å². The van der Waals surface area contributed by atoms with Gasteiger partial charge in [0.05, 0.1) is 33.2 Å². The van der Waals surface area contributed by atoms with Crippen molar-refractivity contribution < 1.29 is 14.2 Å². The van der Waals surface area contributed by atoms with E-state index in [9.17, 15) is 10.1 Å². The highest BCUT2D eigenvalue weighted by atomic mass is 16.5. The summed E-state index contributed by atoms with van der Waals surface area (Å²) in [5.74, 6) is 1.53. The Kier molecular flexibility index (Phi) is 6.29. The average Bonchev–Trinajstić information content (AvgIpc) is 2.78. The van der Waals surface area contributed by atoms with E-state index >= 15 is 0 Å². The summed E-state index contributed by atoms with van der Waals surface area (Å²) in [5, 5.41) is 13.4. The molecule has 2 N–H and O–H groups in total. The molecule has 3 rings (SSSR count). The molecule has 1 aromatic heterocycles. The number of nitrogens with one attached hydrogen (secondary N) is 2. The summed E-state index contributed by atoms with van der Waals surface area (Å²) in [6, 6.07) is 14.3. The first-order valence-corrected chi connectivity index (χ1v) is 8.80. The normalized spacial score (nSPS) is 10.5. The summed E-state index contributed by atoms with van der Waals surface area (Å²) < 4.78 is 15.9. The number of rotatable bonds is 7. The number of hydrazone groups is 1.